The molecule has 0 saturated heterocycles. The molecular formula is C23H24O9. The van der Waals surface area contributed by atoms with Crippen molar-refractivity contribution < 1.29 is 42.7 Å². The first kappa shape index (κ1) is 21.5. The van der Waals surface area contributed by atoms with E-state index >= 15 is 0 Å². The minimum atomic E-state index is -0.641. The van der Waals surface area contributed by atoms with Crippen molar-refractivity contribution in [3.8, 4) is 34.5 Å². The van der Waals surface area contributed by atoms with Crippen LogP contribution in [0, 0.1) is 0 Å². The van der Waals surface area contributed by atoms with Crippen LogP contribution in [0.3, 0.4) is 0 Å². The van der Waals surface area contributed by atoms with E-state index in [0.29, 0.717) is 57.0 Å². The van der Waals surface area contributed by atoms with Gasteiger partial charge >= 0.3 is 5.97 Å². The van der Waals surface area contributed by atoms with Gasteiger partial charge in [-0.3, -0.25) is 0 Å². The molecule has 2 aliphatic rings. The third-order valence-corrected chi connectivity index (χ3v) is 5.45. The Hall–Kier alpha value is -3.75. The maximum absolute atomic E-state index is 12.9. The highest BCUT2D eigenvalue weighted by Gasteiger charge is 2.38. The molecule has 9 heteroatoms. The maximum Gasteiger partial charge on any atom is 0.338 e. The molecule has 2 aromatic rings. The Balaban J connectivity index is 2.01. The molecule has 2 heterocycles. The van der Waals surface area contributed by atoms with E-state index in [-0.39, 0.29) is 13.4 Å². The first-order valence-electron chi connectivity index (χ1n) is 9.77. The van der Waals surface area contributed by atoms with Crippen LogP contribution in [0.2, 0.25) is 0 Å². The summed E-state index contributed by atoms with van der Waals surface area (Å²) in [4.78, 5) is 12.9. The summed E-state index contributed by atoms with van der Waals surface area (Å²) >= 11 is 0. The molecule has 0 aliphatic carbocycles. The van der Waals surface area contributed by atoms with E-state index in [2.05, 4.69) is 0 Å². The first-order chi connectivity index (χ1) is 15.6. The zero-order valence-corrected chi connectivity index (χ0v) is 18.5. The van der Waals surface area contributed by atoms with Gasteiger partial charge in [-0.05, 0) is 23.8 Å². The summed E-state index contributed by atoms with van der Waals surface area (Å²) in [5.41, 5.74) is 1.69. The molecule has 0 spiro atoms. The van der Waals surface area contributed by atoms with Crippen molar-refractivity contribution in [2.45, 2.75) is 5.92 Å². The summed E-state index contributed by atoms with van der Waals surface area (Å²) in [5, 5.41) is 0. The molecule has 0 bridgehead atoms. The molecule has 0 amide bonds. The molecule has 2 aliphatic heterocycles. The second kappa shape index (κ2) is 8.78. The van der Waals surface area contributed by atoms with Crippen molar-refractivity contribution >= 4 is 5.97 Å². The number of benzene rings is 2. The molecular weight excluding hydrogens is 420 g/mol. The minimum Gasteiger partial charge on any atom is -0.497 e. The van der Waals surface area contributed by atoms with Gasteiger partial charge in [0.2, 0.25) is 12.5 Å². The summed E-state index contributed by atoms with van der Waals surface area (Å²) in [7, 11) is 7.63. The molecule has 0 aromatic heterocycles. The number of ether oxygens (including phenoxy) is 8. The number of carbonyl (C=O) groups excluding carboxylic acids is 1. The first-order valence-corrected chi connectivity index (χ1v) is 9.77. The molecule has 0 radical (unpaired) electrons. The average Bonchev–Trinajstić information content (AvgIpc) is 3.43. The van der Waals surface area contributed by atoms with E-state index in [1.54, 1.807) is 31.4 Å². The van der Waals surface area contributed by atoms with Crippen LogP contribution < -0.4 is 28.4 Å². The lowest BCUT2D eigenvalue weighted by Gasteiger charge is -2.23. The van der Waals surface area contributed by atoms with Gasteiger partial charge < -0.3 is 37.9 Å². The second-order valence-corrected chi connectivity index (χ2v) is 6.96. The van der Waals surface area contributed by atoms with Crippen LogP contribution in [-0.4, -0.2) is 54.9 Å². The van der Waals surface area contributed by atoms with E-state index in [0.717, 1.165) is 0 Å². The monoisotopic (exact) mass is 444 g/mol. The third-order valence-electron chi connectivity index (χ3n) is 5.45. The summed E-state index contributed by atoms with van der Waals surface area (Å²) in [6, 6.07) is 7.08. The number of esters is 1. The Labute approximate surface area is 185 Å². The van der Waals surface area contributed by atoms with Crippen molar-refractivity contribution in [2.75, 3.05) is 48.9 Å². The van der Waals surface area contributed by atoms with Crippen LogP contribution >= 0.6 is 0 Å². The van der Waals surface area contributed by atoms with E-state index in [4.69, 9.17) is 37.9 Å². The number of methoxy groups -OCH3 is 5. The highest BCUT2D eigenvalue weighted by atomic mass is 16.7. The summed E-state index contributed by atoms with van der Waals surface area (Å²) < 4.78 is 44.0. The van der Waals surface area contributed by atoms with Crippen molar-refractivity contribution in [3.05, 3.63) is 46.7 Å². The Morgan fingerprint density at radius 2 is 1.38 bits per heavy atom. The molecule has 9 nitrogen and oxygen atoms in total. The number of hydrogen-bond acceptors (Lipinski definition) is 9. The van der Waals surface area contributed by atoms with E-state index < -0.39 is 11.9 Å². The van der Waals surface area contributed by atoms with Gasteiger partial charge in [-0.15, -0.1) is 0 Å². The Bertz CT molecular complexity index is 1050. The lowest BCUT2D eigenvalue weighted by Crippen LogP contribution is -2.14. The highest BCUT2D eigenvalue weighted by Crippen LogP contribution is 2.49. The normalized spacial score (nSPS) is 15.3. The lowest BCUT2D eigenvalue weighted by molar-refractivity contribution is -0.136. The van der Waals surface area contributed by atoms with E-state index in [1.165, 1.54) is 28.4 Å². The smallest absolute Gasteiger partial charge is 0.338 e. The zero-order chi connectivity index (χ0) is 22.8. The fourth-order valence-corrected chi connectivity index (χ4v) is 3.96. The molecule has 1 atom stereocenters. The highest BCUT2D eigenvalue weighted by molar-refractivity contribution is 5.94. The van der Waals surface area contributed by atoms with Gasteiger partial charge in [0.25, 0.3) is 0 Å². The van der Waals surface area contributed by atoms with Crippen LogP contribution in [0.5, 0.6) is 34.5 Å². The molecule has 2 aromatic carbocycles. The minimum absolute atomic E-state index is 0.0401. The van der Waals surface area contributed by atoms with Gasteiger partial charge in [0.1, 0.15) is 18.1 Å². The summed E-state index contributed by atoms with van der Waals surface area (Å²) in [6.45, 7) is 0.142. The Morgan fingerprint density at radius 3 is 1.94 bits per heavy atom. The molecule has 170 valence electrons. The fourth-order valence-electron chi connectivity index (χ4n) is 3.96. The van der Waals surface area contributed by atoms with Crippen molar-refractivity contribution in [3.63, 3.8) is 0 Å². The summed E-state index contributed by atoms with van der Waals surface area (Å²) in [6.07, 6.45) is 0. The number of fused-ring (bicyclic) bond motifs is 1. The van der Waals surface area contributed by atoms with Gasteiger partial charge in [0.05, 0.1) is 41.1 Å². The predicted molar refractivity (Wildman–Crippen MR) is 112 cm³/mol. The molecule has 0 saturated carbocycles. The van der Waals surface area contributed by atoms with Gasteiger partial charge in [0, 0.05) is 17.5 Å². The van der Waals surface area contributed by atoms with Crippen molar-refractivity contribution in [2.24, 2.45) is 0 Å². The van der Waals surface area contributed by atoms with Crippen LogP contribution in [-0.2, 0) is 14.3 Å². The molecule has 0 fully saturated rings. The van der Waals surface area contributed by atoms with Crippen LogP contribution in [0.15, 0.2) is 35.6 Å². The van der Waals surface area contributed by atoms with Gasteiger partial charge in [-0.25, -0.2) is 4.79 Å². The fraction of sp³-hybridized carbons (Fsp3) is 0.348. The average molecular weight is 444 g/mol. The number of hydrogen-bond donors (Lipinski definition) is 0. The standard InChI is InChI=1S/C23H24O9/c1-25-14-9-16-15(31-11-32-16)8-13(14)20(21-19(28-4)10-30-23(21)24)12-6-17(26-2)22(29-5)18(7-12)27-3/h6-9,20H,10-11H2,1-5H3/t20-/m0/s1. The van der Waals surface area contributed by atoms with Crippen molar-refractivity contribution in [1.29, 1.82) is 0 Å². The van der Waals surface area contributed by atoms with Crippen LogP contribution in [0.4, 0.5) is 0 Å². The predicted octanol–water partition coefficient (Wildman–Crippen LogP) is 3.04. The van der Waals surface area contributed by atoms with Gasteiger partial charge in [-0.2, -0.15) is 0 Å². The van der Waals surface area contributed by atoms with Gasteiger partial charge in [0.15, 0.2) is 23.0 Å². The molecule has 32 heavy (non-hydrogen) atoms. The van der Waals surface area contributed by atoms with E-state index in [1.807, 2.05) is 0 Å². The maximum atomic E-state index is 12.9. The largest absolute Gasteiger partial charge is 0.497 e. The van der Waals surface area contributed by atoms with E-state index in [9.17, 15) is 4.79 Å². The van der Waals surface area contributed by atoms with Gasteiger partial charge in [-0.1, -0.05) is 0 Å². The molecule has 0 N–H and O–H groups in total. The number of carbonyl (C=O) groups is 1. The number of cyclic esters (lactones) is 1. The Kier molecular flexibility index (Phi) is 5.89. The lowest BCUT2D eigenvalue weighted by atomic mass is 9.83. The van der Waals surface area contributed by atoms with Crippen molar-refractivity contribution in [1.82, 2.24) is 0 Å². The number of rotatable bonds is 8. The third kappa shape index (κ3) is 3.49. The Morgan fingerprint density at radius 1 is 0.750 bits per heavy atom. The topological polar surface area (TPSA) is 90.9 Å². The zero-order valence-electron chi connectivity index (χ0n) is 18.5. The quantitative estimate of drug-likeness (QED) is 0.570. The molecule has 4 rings (SSSR count). The molecule has 0 unspecified atom stereocenters. The summed E-state index contributed by atoms with van der Waals surface area (Å²) in [5.74, 6) is 2.23. The van der Waals surface area contributed by atoms with Crippen LogP contribution in [0.25, 0.3) is 0 Å². The SMILES string of the molecule is COC1=C([C@@H](c2cc(OC)c(OC)c(OC)c2)c2cc3c(cc2OC)OCO3)C(=O)OC1. The second-order valence-electron chi connectivity index (χ2n) is 6.96. The van der Waals surface area contributed by atoms with Crippen LogP contribution in [0.1, 0.15) is 17.0 Å².